The molecular weight excluding hydrogens is 304 g/mol. The Hall–Kier alpha value is -2.79. The quantitative estimate of drug-likeness (QED) is 0.559. The van der Waals surface area contributed by atoms with E-state index >= 15 is 0 Å². The number of hydrogen-bond acceptors (Lipinski definition) is 4. The van der Waals surface area contributed by atoms with E-state index in [1.54, 1.807) is 23.7 Å². The molecule has 0 unspecified atom stereocenters. The number of rotatable bonds is 3. The minimum Gasteiger partial charge on any atom is -0.265 e. The number of benzene rings is 1. The molecule has 112 valence electrons. The van der Waals surface area contributed by atoms with Crippen LogP contribution < -0.4 is 0 Å². The minimum absolute atomic E-state index is 0.960. The van der Waals surface area contributed by atoms with Crippen LogP contribution in [0.2, 0.25) is 0 Å². The van der Waals surface area contributed by atoms with Crippen LogP contribution in [0.15, 0.2) is 54.3 Å². The van der Waals surface area contributed by atoms with Crippen molar-refractivity contribution in [1.29, 1.82) is 0 Å². The predicted octanol–water partition coefficient (Wildman–Crippen LogP) is 4.49. The van der Waals surface area contributed by atoms with E-state index in [0.717, 1.165) is 32.7 Å². The Kier molecular flexibility index (Phi) is 3.48. The fourth-order valence-corrected chi connectivity index (χ4v) is 3.06. The van der Waals surface area contributed by atoms with Gasteiger partial charge in [-0.25, -0.2) is 9.67 Å². The van der Waals surface area contributed by atoms with Crippen LogP contribution in [-0.4, -0.2) is 19.7 Å². The van der Waals surface area contributed by atoms with Crippen LogP contribution in [-0.2, 0) is 0 Å². The molecule has 0 bridgehead atoms. The number of nitrogens with zero attached hydrogens (tertiary/aromatic N) is 4. The molecule has 0 saturated carbocycles. The SMILES string of the molecule is Cc1nc(C=Cn2ncc3ccc(-c4ccncc4)cc32)cs1. The van der Waals surface area contributed by atoms with Crippen LogP contribution >= 0.6 is 11.3 Å². The summed E-state index contributed by atoms with van der Waals surface area (Å²) in [6, 6.07) is 10.4. The van der Waals surface area contributed by atoms with Crippen molar-refractivity contribution in [2.75, 3.05) is 0 Å². The summed E-state index contributed by atoms with van der Waals surface area (Å²) >= 11 is 1.65. The lowest BCUT2D eigenvalue weighted by Gasteiger charge is -2.02. The summed E-state index contributed by atoms with van der Waals surface area (Å²) in [4.78, 5) is 8.51. The molecule has 3 aromatic heterocycles. The zero-order valence-corrected chi connectivity index (χ0v) is 13.4. The minimum atomic E-state index is 0.960. The highest BCUT2D eigenvalue weighted by Crippen LogP contribution is 2.24. The Morgan fingerprint density at radius 3 is 2.74 bits per heavy atom. The van der Waals surface area contributed by atoms with Crippen LogP contribution in [0.4, 0.5) is 0 Å². The molecule has 0 atom stereocenters. The first-order chi connectivity index (χ1) is 11.3. The van der Waals surface area contributed by atoms with Gasteiger partial charge in [-0.1, -0.05) is 12.1 Å². The van der Waals surface area contributed by atoms with Crippen molar-refractivity contribution in [3.8, 4) is 11.1 Å². The van der Waals surface area contributed by atoms with E-state index in [4.69, 9.17) is 0 Å². The second kappa shape index (κ2) is 5.78. The highest BCUT2D eigenvalue weighted by Gasteiger charge is 2.04. The summed E-state index contributed by atoms with van der Waals surface area (Å²) in [5.74, 6) is 0. The van der Waals surface area contributed by atoms with Crippen LogP contribution in [0.25, 0.3) is 34.3 Å². The first-order valence-corrected chi connectivity index (χ1v) is 8.15. The summed E-state index contributed by atoms with van der Waals surface area (Å²) in [5, 5.41) is 8.66. The van der Waals surface area contributed by atoms with Crippen LogP contribution in [0.5, 0.6) is 0 Å². The molecule has 0 radical (unpaired) electrons. The summed E-state index contributed by atoms with van der Waals surface area (Å²) in [7, 11) is 0. The Bertz CT molecular complexity index is 983. The average Bonchev–Trinajstić information content (AvgIpc) is 3.19. The van der Waals surface area contributed by atoms with E-state index in [1.807, 2.05) is 47.6 Å². The van der Waals surface area contributed by atoms with E-state index < -0.39 is 0 Å². The van der Waals surface area contributed by atoms with Crippen LogP contribution in [0.1, 0.15) is 10.7 Å². The molecule has 0 spiro atoms. The average molecular weight is 318 g/mol. The molecule has 0 aliphatic rings. The summed E-state index contributed by atoms with van der Waals surface area (Å²) in [5.41, 5.74) is 4.33. The molecule has 0 amide bonds. The van der Waals surface area contributed by atoms with E-state index in [9.17, 15) is 0 Å². The molecule has 3 heterocycles. The molecule has 23 heavy (non-hydrogen) atoms. The maximum Gasteiger partial charge on any atom is 0.0901 e. The van der Waals surface area contributed by atoms with Crippen LogP contribution in [0, 0.1) is 6.92 Å². The van der Waals surface area contributed by atoms with Gasteiger partial charge in [0.2, 0.25) is 0 Å². The smallest absolute Gasteiger partial charge is 0.0901 e. The van der Waals surface area contributed by atoms with Crippen molar-refractivity contribution in [3.63, 3.8) is 0 Å². The monoisotopic (exact) mass is 318 g/mol. The maximum atomic E-state index is 4.45. The first-order valence-electron chi connectivity index (χ1n) is 7.27. The van der Waals surface area contributed by atoms with Gasteiger partial charge in [-0.05, 0) is 42.3 Å². The fraction of sp³-hybridized carbons (Fsp3) is 0.0556. The number of aromatic nitrogens is 4. The van der Waals surface area contributed by atoms with Gasteiger partial charge in [-0.2, -0.15) is 5.10 Å². The fourth-order valence-electron chi connectivity index (χ4n) is 2.48. The largest absolute Gasteiger partial charge is 0.265 e. The summed E-state index contributed by atoms with van der Waals surface area (Å²) in [6.07, 6.45) is 9.42. The van der Waals surface area contributed by atoms with Gasteiger partial charge in [-0.15, -0.1) is 11.3 Å². The molecular formula is C18H14N4S. The number of fused-ring (bicyclic) bond motifs is 1. The second-order valence-corrected chi connectivity index (χ2v) is 6.27. The molecule has 4 rings (SSSR count). The third-order valence-corrected chi connectivity index (χ3v) is 4.43. The van der Waals surface area contributed by atoms with Gasteiger partial charge >= 0.3 is 0 Å². The number of pyridine rings is 1. The molecule has 0 aliphatic carbocycles. The highest BCUT2D eigenvalue weighted by atomic mass is 32.1. The Balaban J connectivity index is 1.74. The van der Waals surface area contributed by atoms with Crippen molar-refractivity contribution in [1.82, 2.24) is 19.7 Å². The molecule has 4 aromatic rings. The lowest BCUT2D eigenvalue weighted by Crippen LogP contribution is -1.88. The molecule has 0 aliphatic heterocycles. The van der Waals surface area contributed by atoms with Crippen molar-refractivity contribution < 1.29 is 0 Å². The van der Waals surface area contributed by atoms with Gasteiger partial charge in [0.15, 0.2) is 0 Å². The lowest BCUT2D eigenvalue weighted by molar-refractivity contribution is 0.969. The topological polar surface area (TPSA) is 43.6 Å². The standard InChI is InChI=1S/C18H14N4S/c1-13-21-17(12-23-13)6-9-22-18-10-15(2-3-16(18)11-20-22)14-4-7-19-8-5-14/h2-12H,1H3. The molecule has 4 nitrogen and oxygen atoms in total. The van der Waals surface area contributed by atoms with Gasteiger partial charge in [0.1, 0.15) is 0 Å². The molecule has 1 aromatic carbocycles. The number of aryl methyl sites for hydroxylation is 1. The Morgan fingerprint density at radius 2 is 1.96 bits per heavy atom. The van der Waals surface area contributed by atoms with E-state index in [2.05, 4.69) is 33.3 Å². The van der Waals surface area contributed by atoms with E-state index in [-0.39, 0.29) is 0 Å². The van der Waals surface area contributed by atoms with Crippen LogP contribution in [0.3, 0.4) is 0 Å². The van der Waals surface area contributed by atoms with Crippen molar-refractivity contribution in [3.05, 3.63) is 65.0 Å². The summed E-state index contributed by atoms with van der Waals surface area (Å²) in [6.45, 7) is 2.01. The second-order valence-electron chi connectivity index (χ2n) is 5.21. The van der Waals surface area contributed by atoms with E-state index in [1.165, 1.54) is 0 Å². The number of hydrogen-bond donors (Lipinski definition) is 0. The molecule has 0 N–H and O–H groups in total. The molecule has 0 fully saturated rings. The highest BCUT2D eigenvalue weighted by molar-refractivity contribution is 7.09. The first kappa shape index (κ1) is 13.8. The van der Waals surface area contributed by atoms with Gasteiger partial charge in [0.05, 0.1) is 22.4 Å². The van der Waals surface area contributed by atoms with Crippen molar-refractivity contribution in [2.24, 2.45) is 0 Å². The molecule has 0 saturated heterocycles. The zero-order chi connectivity index (χ0) is 15.6. The predicted molar refractivity (Wildman–Crippen MR) is 95.0 cm³/mol. The lowest BCUT2D eigenvalue weighted by atomic mass is 10.1. The van der Waals surface area contributed by atoms with Gasteiger partial charge < -0.3 is 0 Å². The molecule has 5 heteroatoms. The zero-order valence-electron chi connectivity index (χ0n) is 12.5. The van der Waals surface area contributed by atoms with E-state index in [0.29, 0.717) is 0 Å². The summed E-state index contributed by atoms with van der Waals surface area (Å²) < 4.78 is 1.88. The Labute approximate surface area is 137 Å². The van der Waals surface area contributed by atoms with Crippen molar-refractivity contribution in [2.45, 2.75) is 6.92 Å². The third kappa shape index (κ3) is 2.78. The van der Waals surface area contributed by atoms with Gasteiger partial charge in [0, 0.05) is 29.4 Å². The van der Waals surface area contributed by atoms with Gasteiger partial charge in [0.25, 0.3) is 0 Å². The normalized spacial score (nSPS) is 11.5. The van der Waals surface area contributed by atoms with Gasteiger partial charge in [-0.3, -0.25) is 4.98 Å². The number of thiazole rings is 1. The Morgan fingerprint density at radius 1 is 1.09 bits per heavy atom. The third-order valence-electron chi connectivity index (χ3n) is 3.64. The van der Waals surface area contributed by atoms with Crippen molar-refractivity contribution >= 4 is 34.5 Å². The maximum absolute atomic E-state index is 4.45.